The highest BCUT2D eigenvalue weighted by molar-refractivity contribution is 6.01. The number of para-hydroxylation sites is 2. The number of hydrogen-bond donors (Lipinski definition) is 3. The molecule has 0 spiro atoms. The van der Waals surface area contributed by atoms with Gasteiger partial charge in [0.15, 0.2) is 0 Å². The van der Waals surface area contributed by atoms with Gasteiger partial charge < -0.3 is 25.4 Å². The van der Waals surface area contributed by atoms with Crippen LogP contribution in [0.25, 0.3) is 0 Å². The molecule has 1 unspecified atom stereocenters. The van der Waals surface area contributed by atoms with Crippen LogP contribution in [-0.2, 0) is 19.1 Å². The Morgan fingerprint density at radius 2 is 1.81 bits per heavy atom. The van der Waals surface area contributed by atoms with Gasteiger partial charge in [-0.15, -0.1) is 0 Å². The van der Waals surface area contributed by atoms with Crippen LogP contribution in [0.3, 0.4) is 0 Å². The first kappa shape index (κ1) is 20.7. The molecule has 0 aliphatic carbocycles. The largest absolute Gasteiger partial charge is 0.444 e. The van der Waals surface area contributed by atoms with Crippen LogP contribution in [0.5, 0.6) is 0 Å². The second-order valence-electron chi connectivity index (χ2n) is 7.26. The Kier molecular flexibility index (Phi) is 7.18. The van der Waals surface area contributed by atoms with E-state index in [0.717, 1.165) is 6.42 Å². The van der Waals surface area contributed by atoms with Crippen LogP contribution in [-0.4, -0.2) is 42.8 Å². The second-order valence-corrected chi connectivity index (χ2v) is 7.26. The molecule has 1 heterocycles. The highest BCUT2D eigenvalue weighted by atomic mass is 16.6. The minimum atomic E-state index is -0.591. The zero-order valence-electron chi connectivity index (χ0n) is 16.0. The molecule has 3 amide bonds. The highest BCUT2D eigenvalue weighted by Gasteiger charge is 2.24. The topological polar surface area (TPSA) is 106 Å². The predicted molar refractivity (Wildman–Crippen MR) is 102 cm³/mol. The summed E-state index contributed by atoms with van der Waals surface area (Å²) >= 11 is 0. The number of hydrogen-bond acceptors (Lipinski definition) is 5. The number of rotatable bonds is 6. The third-order valence-electron chi connectivity index (χ3n) is 3.70. The summed E-state index contributed by atoms with van der Waals surface area (Å²) in [6, 6.07) is 6.94. The van der Waals surface area contributed by atoms with Gasteiger partial charge >= 0.3 is 6.09 Å². The van der Waals surface area contributed by atoms with E-state index in [1.54, 1.807) is 45.0 Å². The summed E-state index contributed by atoms with van der Waals surface area (Å²) in [5.74, 6) is -0.509. The van der Waals surface area contributed by atoms with Crippen molar-refractivity contribution >= 4 is 29.3 Å². The fraction of sp³-hybridized carbons (Fsp3) is 0.526. The molecule has 0 radical (unpaired) electrons. The molecule has 27 heavy (non-hydrogen) atoms. The number of benzene rings is 1. The van der Waals surface area contributed by atoms with Gasteiger partial charge in [-0.25, -0.2) is 4.79 Å². The lowest BCUT2D eigenvalue weighted by atomic mass is 10.2. The summed E-state index contributed by atoms with van der Waals surface area (Å²) in [6.45, 7) is 6.02. The third-order valence-corrected chi connectivity index (χ3v) is 3.70. The molecule has 1 atom stereocenters. The first-order chi connectivity index (χ1) is 12.7. The zero-order valence-corrected chi connectivity index (χ0v) is 16.0. The fourth-order valence-electron chi connectivity index (χ4n) is 2.50. The molecule has 8 heteroatoms. The molecule has 1 aliphatic heterocycles. The average molecular weight is 377 g/mol. The van der Waals surface area contributed by atoms with Crippen LogP contribution in [0.1, 0.15) is 40.0 Å². The van der Waals surface area contributed by atoms with E-state index in [2.05, 4.69) is 16.0 Å². The molecule has 1 aliphatic rings. The Hall–Kier alpha value is -2.61. The van der Waals surface area contributed by atoms with Gasteiger partial charge in [0.25, 0.3) is 5.91 Å². The van der Waals surface area contributed by atoms with E-state index in [1.807, 2.05) is 0 Å². The molecular formula is C19H27N3O5. The summed E-state index contributed by atoms with van der Waals surface area (Å²) in [5.41, 5.74) is 0.407. The van der Waals surface area contributed by atoms with E-state index in [-0.39, 0.29) is 24.8 Å². The summed E-state index contributed by atoms with van der Waals surface area (Å²) in [6.07, 6.45) is 0.608. The van der Waals surface area contributed by atoms with Crippen LogP contribution in [0.15, 0.2) is 24.3 Å². The van der Waals surface area contributed by atoms with Crippen LogP contribution < -0.4 is 16.0 Å². The molecule has 1 aromatic carbocycles. The molecule has 8 nitrogen and oxygen atoms in total. The predicted octanol–water partition coefficient (Wildman–Crippen LogP) is 2.66. The summed E-state index contributed by atoms with van der Waals surface area (Å²) < 4.78 is 10.5. The standard InChI is InChI=1S/C19H27N3O5/c1-19(2,3)27-18(25)20-11-10-16(23)21-13-7-4-5-8-14(13)22-17(24)15-9-6-12-26-15/h4-5,7-8,15H,6,9-12H2,1-3H3,(H,20,25)(H,21,23)(H,22,24). The summed E-state index contributed by atoms with van der Waals surface area (Å²) in [7, 11) is 0. The van der Waals surface area contributed by atoms with Crippen molar-refractivity contribution < 1.29 is 23.9 Å². The maximum atomic E-state index is 12.2. The Labute approximate surface area is 159 Å². The van der Waals surface area contributed by atoms with Gasteiger partial charge in [-0.2, -0.15) is 0 Å². The zero-order chi connectivity index (χ0) is 19.9. The Bertz CT molecular complexity index is 678. The minimum Gasteiger partial charge on any atom is -0.444 e. The fourth-order valence-corrected chi connectivity index (χ4v) is 2.50. The van der Waals surface area contributed by atoms with Gasteiger partial charge in [-0.1, -0.05) is 12.1 Å². The number of amides is 3. The average Bonchev–Trinajstić information content (AvgIpc) is 3.09. The molecule has 148 valence electrons. The molecular weight excluding hydrogens is 350 g/mol. The molecule has 2 rings (SSSR count). The van der Waals surface area contributed by atoms with Crippen LogP contribution in [0, 0.1) is 0 Å². The molecule has 1 fully saturated rings. The highest BCUT2D eigenvalue weighted by Crippen LogP contribution is 2.23. The van der Waals surface area contributed by atoms with E-state index in [9.17, 15) is 14.4 Å². The van der Waals surface area contributed by atoms with E-state index >= 15 is 0 Å². The van der Waals surface area contributed by atoms with E-state index in [4.69, 9.17) is 9.47 Å². The monoisotopic (exact) mass is 377 g/mol. The van der Waals surface area contributed by atoms with Crippen LogP contribution in [0.2, 0.25) is 0 Å². The van der Waals surface area contributed by atoms with Crippen LogP contribution in [0.4, 0.5) is 16.2 Å². The molecule has 0 aromatic heterocycles. The number of nitrogens with one attached hydrogen (secondary N) is 3. The van der Waals surface area contributed by atoms with Gasteiger partial charge in [-0.3, -0.25) is 9.59 Å². The van der Waals surface area contributed by atoms with Crippen molar-refractivity contribution in [3.05, 3.63) is 24.3 Å². The first-order valence-electron chi connectivity index (χ1n) is 9.03. The van der Waals surface area contributed by atoms with Gasteiger partial charge in [0, 0.05) is 19.6 Å². The smallest absolute Gasteiger partial charge is 0.407 e. The van der Waals surface area contributed by atoms with Crippen molar-refractivity contribution in [2.45, 2.75) is 51.7 Å². The molecule has 1 aromatic rings. The number of alkyl carbamates (subject to hydrolysis) is 1. The first-order valence-corrected chi connectivity index (χ1v) is 9.03. The number of carbonyl (C=O) groups excluding carboxylic acids is 3. The van der Waals surface area contributed by atoms with Gasteiger partial charge in [0.05, 0.1) is 11.4 Å². The minimum absolute atomic E-state index is 0.0766. The second kappa shape index (κ2) is 9.36. The quantitative estimate of drug-likeness (QED) is 0.707. The third kappa shape index (κ3) is 7.26. The van der Waals surface area contributed by atoms with E-state index < -0.39 is 17.8 Å². The van der Waals surface area contributed by atoms with Crippen molar-refractivity contribution in [3.8, 4) is 0 Å². The molecule has 1 saturated heterocycles. The van der Waals surface area contributed by atoms with E-state index in [1.165, 1.54) is 0 Å². The molecule has 0 saturated carbocycles. The van der Waals surface area contributed by atoms with Crippen molar-refractivity contribution in [2.24, 2.45) is 0 Å². The van der Waals surface area contributed by atoms with Crippen molar-refractivity contribution in [3.63, 3.8) is 0 Å². The molecule has 3 N–H and O–H groups in total. The van der Waals surface area contributed by atoms with Crippen molar-refractivity contribution in [1.29, 1.82) is 0 Å². The lowest BCUT2D eigenvalue weighted by molar-refractivity contribution is -0.124. The van der Waals surface area contributed by atoms with Gasteiger partial charge in [0.1, 0.15) is 11.7 Å². The Morgan fingerprint density at radius 3 is 2.41 bits per heavy atom. The lowest BCUT2D eigenvalue weighted by Crippen LogP contribution is -2.34. The maximum Gasteiger partial charge on any atom is 0.407 e. The van der Waals surface area contributed by atoms with Crippen LogP contribution >= 0.6 is 0 Å². The van der Waals surface area contributed by atoms with E-state index in [0.29, 0.717) is 24.4 Å². The Balaban J connectivity index is 1.83. The van der Waals surface area contributed by atoms with Crippen molar-refractivity contribution in [2.75, 3.05) is 23.8 Å². The number of ether oxygens (including phenoxy) is 2. The number of anilines is 2. The Morgan fingerprint density at radius 1 is 1.15 bits per heavy atom. The summed E-state index contributed by atoms with van der Waals surface area (Å²) in [5, 5.41) is 8.06. The SMILES string of the molecule is CC(C)(C)OC(=O)NCCC(=O)Nc1ccccc1NC(=O)C1CCCO1. The molecule has 0 bridgehead atoms. The van der Waals surface area contributed by atoms with Crippen molar-refractivity contribution in [1.82, 2.24) is 5.32 Å². The normalized spacial score (nSPS) is 16.5. The maximum absolute atomic E-state index is 12.2. The van der Waals surface area contributed by atoms with Gasteiger partial charge in [0.2, 0.25) is 5.91 Å². The summed E-state index contributed by atoms with van der Waals surface area (Å²) in [4.78, 5) is 35.9. The number of carbonyl (C=O) groups is 3. The van der Waals surface area contributed by atoms with Gasteiger partial charge in [-0.05, 0) is 45.7 Å². The lowest BCUT2D eigenvalue weighted by Gasteiger charge is -2.19.